The number of ether oxygens (including phenoxy) is 1. The SMILES string of the molecule is O=C1c2ccccc2C(=O)N1c1cc(Cl)c(OCCc2ccccc2)c(Cl)c1. The number of amides is 2. The van der Waals surface area contributed by atoms with Gasteiger partial charge in [0.15, 0.2) is 5.75 Å². The average Bonchev–Trinajstić information content (AvgIpc) is 2.95. The maximum absolute atomic E-state index is 12.6. The van der Waals surface area contributed by atoms with Crippen LogP contribution in [0, 0.1) is 0 Å². The third-order valence-corrected chi connectivity index (χ3v) is 5.08. The first kappa shape index (κ1) is 18.5. The van der Waals surface area contributed by atoms with Crippen molar-refractivity contribution in [1.29, 1.82) is 0 Å². The molecule has 1 aliphatic rings. The number of anilines is 1. The molecule has 3 aromatic carbocycles. The van der Waals surface area contributed by atoms with Crippen LogP contribution in [0.2, 0.25) is 10.0 Å². The van der Waals surface area contributed by atoms with Crippen LogP contribution >= 0.6 is 23.2 Å². The van der Waals surface area contributed by atoms with Crippen LogP contribution in [0.1, 0.15) is 26.3 Å². The van der Waals surface area contributed by atoms with Crippen LogP contribution < -0.4 is 9.64 Å². The third kappa shape index (κ3) is 3.37. The minimum Gasteiger partial charge on any atom is -0.490 e. The molecule has 0 N–H and O–H groups in total. The Bertz CT molecular complexity index is 1010. The predicted octanol–water partition coefficient (Wildman–Crippen LogP) is 5.42. The van der Waals surface area contributed by atoms with E-state index < -0.39 is 11.8 Å². The van der Waals surface area contributed by atoms with Crippen molar-refractivity contribution in [2.45, 2.75) is 6.42 Å². The number of nitrogens with zero attached hydrogens (tertiary/aromatic N) is 1. The number of rotatable bonds is 5. The second kappa shape index (κ2) is 7.66. The van der Waals surface area contributed by atoms with E-state index in [-0.39, 0.29) is 10.0 Å². The van der Waals surface area contributed by atoms with Gasteiger partial charge < -0.3 is 4.74 Å². The van der Waals surface area contributed by atoms with Gasteiger partial charge in [0.05, 0.1) is 33.5 Å². The number of hydrogen-bond donors (Lipinski definition) is 0. The van der Waals surface area contributed by atoms with Gasteiger partial charge in [0.1, 0.15) is 0 Å². The van der Waals surface area contributed by atoms with E-state index in [0.29, 0.717) is 35.6 Å². The van der Waals surface area contributed by atoms with Crippen LogP contribution in [0.5, 0.6) is 5.75 Å². The molecule has 0 fully saturated rings. The molecule has 0 saturated carbocycles. The summed E-state index contributed by atoms with van der Waals surface area (Å²) in [5.74, 6) is -0.462. The summed E-state index contributed by atoms with van der Waals surface area (Å²) in [5.41, 5.74) is 2.18. The van der Waals surface area contributed by atoms with Crippen molar-refractivity contribution in [1.82, 2.24) is 0 Å². The topological polar surface area (TPSA) is 46.6 Å². The second-order valence-corrected chi connectivity index (χ2v) is 7.13. The predicted molar refractivity (Wildman–Crippen MR) is 110 cm³/mol. The monoisotopic (exact) mass is 411 g/mol. The molecule has 3 aromatic rings. The smallest absolute Gasteiger partial charge is 0.266 e. The zero-order valence-electron chi connectivity index (χ0n) is 14.7. The molecule has 0 aromatic heterocycles. The lowest BCUT2D eigenvalue weighted by Gasteiger charge is -2.17. The summed E-state index contributed by atoms with van der Waals surface area (Å²) < 4.78 is 5.75. The molecule has 0 bridgehead atoms. The molecule has 1 aliphatic heterocycles. The van der Waals surface area contributed by atoms with Gasteiger partial charge in [-0.05, 0) is 29.8 Å². The number of benzene rings is 3. The lowest BCUT2D eigenvalue weighted by atomic mass is 10.1. The molecular weight excluding hydrogens is 397 g/mol. The Balaban J connectivity index is 1.55. The van der Waals surface area contributed by atoms with Gasteiger partial charge in [-0.1, -0.05) is 65.7 Å². The van der Waals surface area contributed by atoms with E-state index >= 15 is 0 Å². The molecule has 140 valence electrons. The summed E-state index contributed by atoms with van der Waals surface area (Å²) in [7, 11) is 0. The van der Waals surface area contributed by atoms with Gasteiger partial charge in [0, 0.05) is 6.42 Å². The van der Waals surface area contributed by atoms with Gasteiger partial charge >= 0.3 is 0 Å². The normalized spacial score (nSPS) is 13.0. The van der Waals surface area contributed by atoms with Gasteiger partial charge in [-0.3, -0.25) is 9.59 Å². The quantitative estimate of drug-likeness (QED) is 0.526. The highest BCUT2D eigenvalue weighted by atomic mass is 35.5. The Morgan fingerprint density at radius 1 is 0.786 bits per heavy atom. The maximum Gasteiger partial charge on any atom is 0.266 e. The Hall–Kier alpha value is -2.82. The average molecular weight is 412 g/mol. The van der Waals surface area contributed by atoms with E-state index in [1.54, 1.807) is 24.3 Å². The van der Waals surface area contributed by atoms with Crippen molar-refractivity contribution >= 4 is 40.7 Å². The Labute approximate surface area is 172 Å². The lowest BCUT2D eigenvalue weighted by molar-refractivity contribution is 0.0926. The van der Waals surface area contributed by atoms with Crippen molar-refractivity contribution in [3.8, 4) is 5.75 Å². The third-order valence-electron chi connectivity index (χ3n) is 4.52. The first-order valence-corrected chi connectivity index (χ1v) is 9.45. The van der Waals surface area contributed by atoms with E-state index in [9.17, 15) is 9.59 Å². The molecule has 0 atom stereocenters. The molecule has 1 heterocycles. The Kier molecular flexibility index (Phi) is 5.07. The molecule has 0 radical (unpaired) electrons. The Morgan fingerprint density at radius 2 is 1.32 bits per heavy atom. The molecular formula is C22H15Cl2NO3. The van der Waals surface area contributed by atoms with Gasteiger partial charge in [-0.25, -0.2) is 4.90 Å². The molecule has 4 rings (SSSR count). The van der Waals surface area contributed by atoms with Gasteiger partial charge in [0.2, 0.25) is 0 Å². The summed E-state index contributed by atoms with van der Waals surface area (Å²) in [6.07, 6.45) is 0.702. The summed E-state index contributed by atoms with van der Waals surface area (Å²) in [6.45, 7) is 0.399. The fourth-order valence-corrected chi connectivity index (χ4v) is 3.74. The highest BCUT2D eigenvalue weighted by Gasteiger charge is 2.36. The van der Waals surface area contributed by atoms with Gasteiger partial charge in [0.25, 0.3) is 11.8 Å². The van der Waals surface area contributed by atoms with Crippen molar-refractivity contribution in [2.75, 3.05) is 11.5 Å². The molecule has 0 saturated heterocycles. The zero-order valence-corrected chi connectivity index (χ0v) is 16.2. The van der Waals surface area contributed by atoms with Crippen LogP contribution in [0.3, 0.4) is 0 Å². The van der Waals surface area contributed by atoms with Crippen molar-refractivity contribution in [3.63, 3.8) is 0 Å². The molecule has 0 spiro atoms. The first-order valence-electron chi connectivity index (χ1n) is 8.70. The highest BCUT2D eigenvalue weighted by Crippen LogP contribution is 2.39. The van der Waals surface area contributed by atoms with Gasteiger partial charge in [-0.15, -0.1) is 0 Å². The molecule has 0 unspecified atom stereocenters. The summed E-state index contributed by atoms with van der Waals surface area (Å²) in [6, 6.07) is 19.6. The highest BCUT2D eigenvalue weighted by molar-refractivity contribution is 6.39. The number of halogens is 2. The minimum atomic E-state index is -0.398. The molecule has 28 heavy (non-hydrogen) atoms. The standard InChI is InChI=1S/C22H15Cl2NO3/c23-18-12-15(25-21(26)16-8-4-5-9-17(16)22(25)27)13-19(24)20(18)28-11-10-14-6-2-1-3-7-14/h1-9,12-13H,10-11H2. The van der Waals surface area contributed by atoms with E-state index in [1.165, 1.54) is 12.1 Å². The lowest BCUT2D eigenvalue weighted by Crippen LogP contribution is -2.29. The van der Waals surface area contributed by atoms with E-state index in [0.717, 1.165) is 10.5 Å². The molecule has 2 amide bonds. The van der Waals surface area contributed by atoms with E-state index in [2.05, 4.69) is 0 Å². The van der Waals surface area contributed by atoms with Crippen LogP contribution in [-0.4, -0.2) is 18.4 Å². The largest absolute Gasteiger partial charge is 0.490 e. The van der Waals surface area contributed by atoms with Crippen LogP contribution in [0.25, 0.3) is 0 Å². The number of hydrogen-bond acceptors (Lipinski definition) is 3. The fourth-order valence-electron chi connectivity index (χ4n) is 3.15. The van der Waals surface area contributed by atoms with Crippen molar-refractivity contribution < 1.29 is 14.3 Å². The minimum absolute atomic E-state index is 0.243. The maximum atomic E-state index is 12.6. The van der Waals surface area contributed by atoms with Gasteiger partial charge in [-0.2, -0.15) is 0 Å². The number of carbonyl (C=O) groups excluding carboxylic acids is 2. The van der Waals surface area contributed by atoms with E-state index in [4.69, 9.17) is 27.9 Å². The molecule has 6 heteroatoms. The van der Waals surface area contributed by atoms with Crippen molar-refractivity contribution in [2.24, 2.45) is 0 Å². The summed E-state index contributed by atoms with van der Waals surface area (Å²) >= 11 is 12.7. The zero-order chi connectivity index (χ0) is 19.7. The van der Waals surface area contributed by atoms with Crippen LogP contribution in [0.4, 0.5) is 5.69 Å². The second-order valence-electron chi connectivity index (χ2n) is 6.31. The number of carbonyl (C=O) groups is 2. The van der Waals surface area contributed by atoms with Crippen LogP contribution in [-0.2, 0) is 6.42 Å². The number of fused-ring (bicyclic) bond motifs is 1. The molecule has 4 nitrogen and oxygen atoms in total. The number of imide groups is 1. The van der Waals surface area contributed by atoms with Crippen molar-refractivity contribution in [3.05, 3.63) is 93.5 Å². The molecule has 0 aliphatic carbocycles. The van der Waals surface area contributed by atoms with Crippen LogP contribution in [0.15, 0.2) is 66.7 Å². The summed E-state index contributed by atoms with van der Waals surface area (Å²) in [5, 5.41) is 0.485. The van der Waals surface area contributed by atoms with E-state index in [1.807, 2.05) is 30.3 Å². The Morgan fingerprint density at radius 3 is 1.89 bits per heavy atom. The summed E-state index contributed by atoms with van der Waals surface area (Å²) in [4.78, 5) is 26.3. The fraction of sp³-hybridized carbons (Fsp3) is 0.0909. The first-order chi connectivity index (χ1) is 13.6.